The number of β-amino-alcohol motifs (C(OH)–C–C–N with tert-alkyl or cyclic N) is 1. The molecule has 0 heterocycles. The topological polar surface area (TPSA) is 69.6 Å². The van der Waals surface area contributed by atoms with E-state index in [9.17, 15) is 9.90 Å². The van der Waals surface area contributed by atoms with Crippen molar-refractivity contribution in [2.75, 3.05) is 6.54 Å². The van der Waals surface area contributed by atoms with Crippen LogP contribution < -0.4 is 5.32 Å². The maximum atomic E-state index is 10.9. The molecule has 0 aromatic carbocycles. The minimum Gasteiger partial charge on any atom is -0.481 e. The highest BCUT2D eigenvalue weighted by atomic mass is 16.4. The van der Waals surface area contributed by atoms with E-state index >= 15 is 0 Å². The minimum absolute atomic E-state index is 0.164. The van der Waals surface area contributed by atoms with Gasteiger partial charge in [-0.25, -0.2) is 0 Å². The van der Waals surface area contributed by atoms with Gasteiger partial charge in [-0.05, 0) is 45.4 Å². The summed E-state index contributed by atoms with van der Waals surface area (Å²) in [5.41, 5.74) is -0.538. The van der Waals surface area contributed by atoms with Crippen LogP contribution >= 0.6 is 0 Å². The van der Waals surface area contributed by atoms with Crippen LogP contribution in [0, 0.1) is 5.92 Å². The molecule has 0 aliphatic heterocycles. The zero-order valence-electron chi connectivity index (χ0n) is 12.0. The molecule has 19 heavy (non-hydrogen) atoms. The van der Waals surface area contributed by atoms with E-state index in [0.717, 1.165) is 0 Å². The molecule has 4 nitrogen and oxygen atoms in total. The van der Waals surface area contributed by atoms with Crippen LogP contribution in [0.2, 0.25) is 0 Å². The fourth-order valence-electron chi connectivity index (χ4n) is 3.47. The van der Waals surface area contributed by atoms with Crippen molar-refractivity contribution in [2.24, 2.45) is 5.92 Å². The van der Waals surface area contributed by atoms with E-state index < -0.39 is 11.6 Å². The molecule has 2 aliphatic rings. The maximum absolute atomic E-state index is 10.9. The Hall–Kier alpha value is -0.610. The summed E-state index contributed by atoms with van der Waals surface area (Å²) in [7, 11) is 0. The highest BCUT2D eigenvalue weighted by Gasteiger charge is 2.37. The Morgan fingerprint density at radius 3 is 2.26 bits per heavy atom. The van der Waals surface area contributed by atoms with Gasteiger partial charge in [0.25, 0.3) is 0 Å². The summed E-state index contributed by atoms with van der Waals surface area (Å²) in [5.74, 6) is -0.972. The number of hydrogen-bond acceptors (Lipinski definition) is 3. The molecule has 2 fully saturated rings. The lowest BCUT2D eigenvalue weighted by Crippen LogP contribution is -2.52. The molecule has 110 valence electrons. The van der Waals surface area contributed by atoms with Crippen molar-refractivity contribution in [2.45, 2.75) is 75.9 Å². The largest absolute Gasteiger partial charge is 0.481 e. The maximum Gasteiger partial charge on any atom is 0.306 e. The summed E-state index contributed by atoms with van der Waals surface area (Å²) in [5, 5.41) is 23.1. The van der Waals surface area contributed by atoms with Crippen molar-refractivity contribution < 1.29 is 15.0 Å². The number of hydrogen-bond donors (Lipinski definition) is 3. The van der Waals surface area contributed by atoms with Crippen LogP contribution in [0.25, 0.3) is 0 Å². The van der Waals surface area contributed by atoms with Crippen LogP contribution in [0.15, 0.2) is 0 Å². The molecule has 0 atom stereocenters. The summed E-state index contributed by atoms with van der Waals surface area (Å²) < 4.78 is 0. The van der Waals surface area contributed by atoms with E-state index in [2.05, 4.69) is 12.2 Å². The van der Waals surface area contributed by atoms with Crippen molar-refractivity contribution in [3.05, 3.63) is 0 Å². The average molecular weight is 269 g/mol. The van der Waals surface area contributed by atoms with Crippen LogP contribution in [-0.2, 0) is 4.79 Å². The Balaban J connectivity index is 1.80. The van der Waals surface area contributed by atoms with E-state index in [0.29, 0.717) is 32.2 Å². The van der Waals surface area contributed by atoms with Gasteiger partial charge in [-0.1, -0.05) is 19.3 Å². The normalized spacial score (nSPS) is 34.9. The Bertz CT molecular complexity index is 315. The molecular formula is C15H27NO3. The first-order valence-corrected chi connectivity index (χ1v) is 7.63. The number of nitrogens with one attached hydrogen (secondary N) is 1. The first kappa shape index (κ1) is 14.8. The quantitative estimate of drug-likeness (QED) is 0.732. The summed E-state index contributed by atoms with van der Waals surface area (Å²) in [6.45, 7) is 2.86. The van der Waals surface area contributed by atoms with Gasteiger partial charge < -0.3 is 15.5 Å². The molecule has 0 bridgehead atoms. The van der Waals surface area contributed by atoms with E-state index in [-0.39, 0.29) is 11.5 Å². The van der Waals surface area contributed by atoms with Crippen LogP contribution in [0.5, 0.6) is 0 Å². The fraction of sp³-hybridized carbons (Fsp3) is 0.933. The first-order valence-electron chi connectivity index (χ1n) is 7.63. The van der Waals surface area contributed by atoms with Crippen LogP contribution in [-0.4, -0.2) is 33.9 Å². The second-order valence-corrected chi connectivity index (χ2v) is 6.81. The van der Waals surface area contributed by atoms with E-state index in [4.69, 9.17) is 5.11 Å². The molecule has 0 aromatic rings. The third-order valence-corrected chi connectivity index (χ3v) is 5.07. The van der Waals surface area contributed by atoms with Crippen molar-refractivity contribution in [3.8, 4) is 0 Å². The van der Waals surface area contributed by atoms with E-state index in [1.54, 1.807) is 0 Å². The van der Waals surface area contributed by atoms with Crippen molar-refractivity contribution in [1.29, 1.82) is 0 Å². The number of carboxylic acids is 1. The van der Waals surface area contributed by atoms with Gasteiger partial charge in [0.15, 0.2) is 0 Å². The number of rotatable bonds is 4. The van der Waals surface area contributed by atoms with Crippen LogP contribution in [0.1, 0.15) is 64.7 Å². The van der Waals surface area contributed by atoms with Crippen LogP contribution in [0.3, 0.4) is 0 Å². The van der Waals surface area contributed by atoms with Gasteiger partial charge in [0.1, 0.15) is 0 Å². The second-order valence-electron chi connectivity index (χ2n) is 6.81. The van der Waals surface area contributed by atoms with Gasteiger partial charge in [0.05, 0.1) is 11.5 Å². The first-order chi connectivity index (χ1) is 8.93. The Morgan fingerprint density at radius 2 is 1.74 bits per heavy atom. The van der Waals surface area contributed by atoms with Gasteiger partial charge >= 0.3 is 5.97 Å². The lowest BCUT2D eigenvalue weighted by Gasteiger charge is -2.40. The smallest absolute Gasteiger partial charge is 0.306 e. The fourth-order valence-corrected chi connectivity index (χ4v) is 3.47. The highest BCUT2D eigenvalue weighted by Crippen LogP contribution is 2.33. The van der Waals surface area contributed by atoms with Crippen molar-refractivity contribution >= 4 is 5.97 Å². The third-order valence-electron chi connectivity index (χ3n) is 5.07. The molecule has 0 amide bonds. The monoisotopic (exact) mass is 269 g/mol. The molecule has 4 heteroatoms. The molecule has 0 aromatic heterocycles. The molecule has 2 aliphatic carbocycles. The van der Waals surface area contributed by atoms with Gasteiger partial charge in [0.2, 0.25) is 0 Å². The molecule has 0 saturated heterocycles. The van der Waals surface area contributed by atoms with Gasteiger partial charge in [-0.3, -0.25) is 4.79 Å². The zero-order valence-corrected chi connectivity index (χ0v) is 12.0. The molecule has 0 unspecified atom stereocenters. The predicted octanol–water partition coefficient (Wildman–Crippen LogP) is 2.30. The number of carboxylic acid groups (broad SMARTS) is 1. The summed E-state index contributed by atoms with van der Waals surface area (Å²) in [6, 6.07) is 0. The lowest BCUT2D eigenvalue weighted by atomic mass is 9.77. The van der Waals surface area contributed by atoms with Gasteiger partial charge in [-0.15, -0.1) is 0 Å². The molecule has 0 radical (unpaired) electrons. The van der Waals surface area contributed by atoms with Crippen LogP contribution in [0.4, 0.5) is 0 Å². The molecule has 2 saturated carbocycles. The summed E-state index contributed by atoms with van der Waals surface area (Å²) >= 11 is 0. The minimum atomic E-state index is -0.714. The number of carbonyl (C=O) groups is 1. The molecule has 0 spiro atoms. The Morgan fingerprint density at radius 1 is 1.16 bits per heavy atom. The van der Waals surface area contributed by atoms with E-state index in [1.807, 2.05) is 0 Å². The van der Waals surface area contributed by atoms with Crippen molar-refractivity contribution in [3.63, 3.8) is 0 Å². The zero-order chi connectivity index (χ0) is 13.9. The van der Waals surface area contributed by atoms with Crippen molar-refractivity contribution in [1.82, 2.24) is 5.32 Å². The SMILES string of the molecule is CC1(NCC2(O)CCC(C(=O)O)CC2)CCCCC1. The molecular weight excluding hydrogens is 242 g/mol. The predicted molar refractivity (Wildman–Crippen MR) is 74.0 cm³/mol. The highest BCUT2D eigenvalue weighted by molar-refractivity contribution is 5.70. The van der Waals surface area contributed by atoms with E-state index in [1.165, 1.54) is 32.1 Å². The standard InChI is InChI=1S/C15H27NO3/c1-14(7-3-2-4-8-14)16-11-15(19)9-5-12(6-10-15)13(17)18/h12,16,19H,2-11H2,1H3,(H,17,18). The van der Waals surface area contributed by atoms with Gasteiger partial charge in [-0.2, -0.15) is 0 Å². The molecule has 3 N–H and O–H groups in total. The molecule has 2 rings (SSSR count). The third kappa shape index (κ3) is 3.93. The summed E-state index contributed by atoms with van der Waals surface area (Å²) in [6.07, 6.45) is 8.63. The summed E-state index contributed by atoms with van der Waals surface area (Å²) in [4.78, 5) is 10.9. The second kappa shape index (κ2) is 5.80. The Kier molecular flexibility index (Phi) is 4.51. The number of aliphatic hydroxyl groups is 1. The van der Waals surface area contributed by atoms with Gasteiger partial charge in [0, 0.05) is 12.1 Å². The average Bonchev–Trinajstić information content (AvgIpc) is 2.38. The number of aliphatic carboxylic acids is 1. The lowest BCUT2D eigenvalue weighted by molar-refractivity contribution is -0.144. The Labute approximate surface area is 115 Å².